The fourth-order valence-electron chi connectivity index (χ4n) is 4.02. The third-order valence-electron chi connectivity index (χ3n) is 5.97. The summed E-state index contributed by atoms with van der Waals surface area (Å²) in [5.74, 6) is 0. The van der Waals surface area contributed by atoms with Gasteiger partial charge in [-0.1, -0.05) is 63.2 Å². The topological polar surface area (TPSA) is 50.3 Å². The predicted molar refractivity (Wildman–Crippen MR) is 129 cm³/mol. The smallest absolute Gasteiger partial charge is 0.185 e. The summed E-state index contributed by atoms with van der Waals surface area (Å²) in [7, 11) is -3.31. The second kappa shape index (κ2) is 8.75. The quantitative estimate of drug-likeness (QED) is 0.513. The van der Waals surface area contributed by atoms with Gasteiger partial charge in [-0.05, 0) is 41.5 Å². The van der Waals surface area contributed by atoms with E-state index >= 15 is 0 Å². The number of hydrogen-bond donors (Lipinski definition) is 0. The lowest BCUT2D eigenvalue weighted by molar-refractivity contribution is 0.529. The molecule has 0 unspecified atom stereocenters. The summed E-state index contributed by atoms with van der Waals surface area (Å²) in [6.07, 6.45) is 2.10. The zero-order valence-corrected chi connectivity index (χ0v) is 20.0. The van der Waals surface area contributed by atoms with Crippen LogP contribution in [0.3, 0.4) is 0 Å². The van der Waals surface area contributed by atoms with E-state index in [9.17, 15) is 8.42 Å². The van der Waals surface area contributed by atoms with Crippen molar-refractivity contribution in [3.8, 4) is 0 Å². The lowest BCUT2D eigenvalue weighted by Gasteiger charge is -2.31. The van der Waals surface area contributed by atoms with Crippen molar-refractivity contribution in [2.24, 2.45) is 0 Å². The van der Waals surface area contributed by atoms with Crippen LogP contribution in [-0.4, -0.2) is 31.7 Å². The van der Waals surface area contributed by atoms with Crippen LogP contribution in [0.1, 0.15) is 50.4 Å². The van der Waals surface area contributed by atoms with Gasteiger partial charge in [0, 0.05) is 24.9 Å². The average molecular weight is 455 g/mol. The van der Waals surface area contributed by atoms with Crippen LogP contribution in [-0.2, 0) is 21.7 Å². The maximum absolute atomic E-state index is 13.2. The van der Waals surface area contributed by atoms with E-state index < -0.39 is 9.84 Å². The van der Waals surface area contributed by atoms with Crippen LogP contribution in [0, 0.1) is 0 Å². The van der Waals surface area contributed by atoms with E-state index in [1.165, 1.54) is 5.56 Å². The SMILES string of the molecule is CC(C)(C)c1ccc(S(=O)(=O)C2CCN(c3nc(Cc4ccccc4)cs3)CC2)cc1. The van der Waals surface area contributed by atoms with Crippen LogP contribution in [0.4, 0.5) is 5.13 Å². The van der Waals surface area contributed by atoms with E-state index in [1.54, 1.807) is 23.5 Å². The first-order valence-corrected chi connectivity index (χ1v) is 13.2. The molecule has 164 valence electrons. The van der Waals surface area contributed by atoms with E-state index in [0.29, 0.717) is 17.7 Å². The highest BCUT2D eigenvalue weighted by Crippen LogP contribution is 2.31. The Labute approximate surface area is 189 Å². The van der Waals surface area contributed by atoms with Crippen LogP contribution in [0.15, 0.2) is 64.9 Å². The van der Waals surface area contributed by atoms with Gasteiger partial charge in [-0.3, -0.25) is 0 Å². The van der Waals surface area contributed by atoms with Gasteiger partial charge >= 0.3 is 0 Å². The van der Waals surface area contributed by atoms with Crippen LogP contribution in [0.25, 0.3) is 0 Å². The van der Waals surface area contributed by atoms with Crippen molar-refractivity contribution in [2.45, 2.75) is 55.6 Å². The Morgan fingerprint density at radius 1 is 1.00 bits per heavy atom. The summed E-state index contributed by atoms with van der Waals surface area (Å²) in [5.41, 5.74) is 3.48. The van der Waals surface area contributed by atoms with Gasteiger partial charge in [0.15, 0.2) is 15.0 Å². The molecule has 3 aromatic rings. The number of rotatable bonds is 5. The van der Waals surface area contributed by atoms with Crippen molar-refractivity contribution in [3.05, 3.63) is 76.8 Å². The van der Waals surface area contributed by atoms with Gasteiger partial charge < -0.3 is 4.90 Å². The molecular formula is C25H30N2O2S2. The number of thiazole rings is 1. The molecule has 0 bridgehead atoms. The van der Waals surface area contributed by atoms with Crippen LogP contribution >= 0.6 is 11.3 Å². The normalized spacial score (nSPS) is 15.9. The Morgan fingerprint density at radius 2 is 1.65 bits per heavy atom. The molecule has 2 heterocycles. The van der Waals surface area contributed by atoms with E-state index in [1.807, 2.05) is 30.3 Å². The van der Waals surface area contributed by atoms with Crippen LogP contribution in [0.2, 0.25) is 0 Å². The minimum atomic E-state index is -3.31. The van der Waals surface area contributed by atoms with Crippen molar-refractivity contribution in [1.82, 2.24) is 4.98 Å². The number of anilines is 1. The Bertz CT molecular complexity index is 1110. The van der Waals surface area contributed by atoms with Crippen molar-refractivity contribution in [2.75, 3.05) is 18.0 Å². The highest BCUT2D eigenvalue weighted by molar-refractivity contribution is 7.92. The van der Waals surface area contributed by atoms with Gasteiger partial charge in [0.05, 0.1) is 15.8 Å². The first-order valence-electron chi connectivity index (χ1n) is 10.8. The van der Waals surface area contributed by atoms with Gasteiger partial charge in [-0.15, -0.1) is 11.3 Å². The standard InChI is InChI=1S/C25H30N2O2S2/c1-25(2,3)20-9-11-22(12-10-20)31(28,29)23-13-15-27(16-14-23)24-26-21(18-30-24)17-19-7-5-4-6-8-19/h4-12,18,23H,13-17H2,1-3H3. The van der Waals surface area contributed by atoms with Gasteiger partial charge in [-0.2, -0.15) is 0 Å². The van der Waals surface area contributed by atoms with Gasteiger partial charge in [0.2, 0.25) is 0 Å². The molecule has 4 rings (SSSR count). The third kappa shape index (κ3) is 5.01. The summed E-state index contributed by atoms with van der Waals surface area (Å²) < 4.78 is 26.3. The molecule has 1 saturated heterocycles. The second-order valence-electron chi connectivity index (χ2n) is 9.29. The number of hydrogen-bond acceptors (Lipinski definition) is 5. The molecule has 4 nitrogen and oxygen atoms in total. The summed E-state index contributed by atoms with van der Waals surface area (Å²) >= 11 is 1.65. The molecule has 1 fully saturated rings. The maximum Gasteiger partial charge on any atom is 0.185 e. The fraction of sp³-hybridized carbons (Fsp3) is 0.400. The Balaban J connectivity index is 1.39. The highest BCUT2D eigenvalue weighted by Gasteiger charge is 2.32. The summed E-state index contributed by atoms with van der Waals surface area (Å²) in [5, 5.41) is 2.78. The first-order chi connectivity index (χ1) is 14.7. The summed E-state index contributed by atoms with van der Waals surface area (Å²) in [4.78, 5) is 7.48. The molecule has 0 aliphatic carbocycles. The minimum Gasteiger partial charge on any atom is -0.348 e. The lowest BCUT2D eigenvalue weighted by Crippen LogP contribution is -2.39. The molecule has 1 aliphatic rings. The molecule has 0 spiro atoms. The molecule has 0 saturated carbocycles. The second-order valence-corrected chi connectivity index (χ2v) is 12.4. The molecule has 31 heavy (non-hydrogen) atoms. The van der Waals surface area contributed by atoms with E-state index in [0.717, 1.165) is 35.9 Å². The highest BCUT2D eigenvalue weighted by atomic mass is 32.2. The molecule has 0 atom stereocenters. The molecular weight excluding hydrogens is 424 g/mol. The molecule has 0 N–H and O–H groups in total. The molecule has 2 aromatic carbocycles. The van der Waals surface area contributed by atoms with E-state index in [4.69, 9.17) is 4.98 Å². The van der Waals surface area contributed by atoms with Crippen molar-refractivity contribution >= 4 is 26.3 Å². The molecule has 6 heteroatoms. The number of nitrogens with zero attached hydrogens (tertiary/aromatic N) is 2. The zero-order chi connectivity index (χ0) is 22.1. The number of sulfone groups is 1. The maximum atomic E-state index is 13.2. The Morgan fingerprint density at radius 3 is 2.26 bits per heavy atom. The molecule has 1 aromatic heterocycles. The summed E-state index contributed by atoms with van der Waals surface area (Å²) in [6, 6.07) is 17.8. The molecule has 1 aliphatic heterocycles. The van der Waals surface area contributed by atoms with E-state index in [-0.39, 0.29) is 10.7 Å². The zero-order valence-electron chi connectivity index (χ0n) is 18.4. The first kappa shape index (κ1) is 22.0. The third-order valence-corrected chi connectivity index (χ3v) is 9.20. The van der Waals surface area contributed by atoms with Crippen molar-refractivity contribution < 1.29 is 8.42 Å². The largest absolute Gasteiger partial charge is 0.348 e. The van der Waals surface area contributed by atoms with E-state index in [2.05, 4.69) is 43.2 Å². The number of aromatic nitrogens is 1. The van der Waals surface area contributed by atoms with Crippen molar-refractivity contribution in [3.63, 3.8) is 0 Å². The van der Waals surface area contributed by atoms with Crippen LogP contribution < -0.4 is 4.90 Å². The monoisotopic (exact) mass is 454 g/mol. The van der Waals surface area contributed by atoms with Gasteiger partial charge in [0.25, 0.3) is 0 Å². The fourth-order valence-corrected chi connectivity index (χ4v) is 6.63. The lowest BCUT2D eigenvalue weighted by atomic mass is 9.87. The van der Waals surface area contributed by atoms with Crippen LogP contribution in [0.5, 0.6) is 0 Å². The molecule has 0 radical (unpaired) electrons. The number of piperidine rings is 1. The Hall–Kier alpha value is -2.18. The summed E-state index contributed by atoms with van der Waals surface area (Å²) in [6.45, 7) is 7.85. The van der Waals surface area contributed by atoms with Crippen molar-refractivity contribution in [1.29, 1.82) is 0 Å². The Kier molecular flexibility index (Phi) is 6.22. The predicted octanol–water partition coefficient (Wildman–Crippen LogP) is 5.47. The number of benzene rings is 2. The minimum absolute atomic E-state index is 0.0146. The molecule has 0 amide bonds. The average Bonchev–Trinajstić information content (AvgIpc) is 3.22. The van der Waals surface area contributed by atoms with Gasteiger partial charge in [0.1, 0.15) is 0 Å². The van der Waals surface area contributed by atoms with Gasteiger partial charge in [-0.25, -0.2) is 13.4 Å².